The Labute approximate surface area is 113 Å². The molecule has 2 heterocycles. The average molecular weight is 264 g/mol. The highest BCUT2D eigenvalue weighted by Crippen LogP contribution is 2.22. The summed E-state index contributed by atoms with van der Waals surface area (Å²) < 4.78 is 0. The molecule has 2 aliphatic rings. The summed E-state index contributed by atoms with van der Waals surface area (Å²) in [5.41, 5.74) is 1.05. The highest BCUT2D eigenvalue weighted by Gasteiger charge is 2.21. The number of nitrogens with one attached hydrogen (secondary N) is 1. The molecule has 1 aromatic rings. The zero-order chi connectivity index (χ0) is 12.4. The predicted molar refractivity (Wildman–Crippen MR) is 76.0 cm³/mol. The third-order valence-electron chi connectivity index (χ3n) is 3.42. The van der Waals surface area contributed by atoms with E-state index in [2.05, 4.69) is 39.5 Å². The van der Waals surface area contributed by atoms with Crippen LogP contribution in [-0.2, 0) is 6.54 Å². The summed E-state index contributed by atoms with van der Waals surface area (Å²) in [7, 11) is 0. The molecule has 1 saturated carbocycles. The third kappa shape index (κ3) is 3.14. The van der Waals surface area contributed by atoms with Gasteiger partial charge in [-0.25, -0.2) is 0 Å². The second-order valence-corrected chi connectivity index (χ2v) is 6.71. The summed E-state index contributed by atoms with van der Waals surface area (Å²) in [4.78, 5) is 2.34. The molecule has 0 amide bonds. The average Bonchev–Trinajstić information content (AvgIpc) is 3.21. The Morgan fingerprint density at radius 1 is 1.39 bits per heavy atom. The maximum Gasteiger partial charge on any atom is 0.151 e. The lowest BCUT2D eigenvalue weighted by Crippen LogP contribution is -2.37. The number of aromatic nitrogens is 2. The largest absolute Gasteiger partial charge is 0.353 e. The maximum atomic E-state index is 4.36. The normalized spacial score (nSPS) is 24.3. The van der Waals surface area contributed by atoms with Crippen LogP contribution in [0.15, 0.2) is 12.1 Å². The number of hydrogen-bond donors (Lipinski definition) is 1. The van der Waals surface area contributed by atoms with Crippen LogP contribution in [0, 0.1) is 0 Å². The summed E-state index contributed by atoms with van der Waals surface area (Å²) in [6, 6.07) is 4.94. The number of nitrogens with zero attached hydrogens (tertiary/aromatic N) is 3. The van der Waals surface area contributed by atoms with Crippen molar-refractivity contribution >= 4 is 17.6 Å². The van der Waals surface area contributed by atoms with E-state index in [1.807, 2.05) is 11.8 Å². The van der Waals surface area contributed by atoms with Crippen LogP contribution in [0.3, 0.4) is 0 Å². The van der Waals surface area contributed by atoms with Crippen molar-refractivity contribution in [3.8, 4) is 0 Å². The Morgan fingerprint density at radius 2 is 2.28 bits per heavy atom. The molecule has 1 saturated heterocycles. The first kappa shape index (κ1) is 12.2. The van der Waals surface area contributed by atoms with Gasteiger partial charge in [-0.2, -0.15) is 16.9 Å². The fraction of sp³-hybridized carbons (Fsp3) is 0.692. The van der Waals surface area contributed by atoms with Crippen LogP contribution < -0.4 is 10.2 Å². The van der Waals surface area contributed by atoms with E-state index in [9.17, 15) is 0 Å². The second kappa shape index (κ2) is 5.45. The monoisotopic (exact) mass is 264 g/mol. The summed E-state index contributed by atoms with van der Waals surface area (Å²) in [6.07, 6.45) is 2.63. The van der Waals surface area contributed by atoms with Gasteiger partial charge < -0.3 is 10.2 Å². The number of thioether (sulfide) groups is 1. The SMILES string of the molecule is CC1CN(c2ccc(CNC3CC3)nn2)CCS1. The van der Waals surface area contributed by atoms with Gasteiger partial charge in [0.25, 0.3) is 0 Å². The molecule has 1 aliphatic carbocycles. The minimum atomic E-state index is 0.691. The molecule has 0 radical (unpaired) electrons. The van der Waals surface area contributed by atoms with Gasteiger partial charge in [0, 0.05) is 36.7 Å². The van der Waals surface area contributed by atoms with E-state index < -0.39 is 0 Å². The topological polar surface area (TPSA) is 41.0 Å². The van der Waals surface area contributed by atoms with Crippen LogP contribution in [0.1, 0.15) is 25.5 Å². The molecule has 1 aliphatic heterocycles. The van der Waals surface area contributed by atoms with Crippen LogP contribution in [-0.4, -0.2) is 40.3 Å². The molecule has 0 aromatic carbocycles. The molecular formula is C13H20N4S. The second-order valence-electron chi connectivity index (χ2n) is 5.17. The van der Waals surface area contributed by atoms with Crippen molar-refractivity contribution < 1.29 is 0 Å². The Morgan fingerprint density at radius 3 is 2.94 bits per heavy atom. The number of hydrogen-bond acceptors (Lipinski definition) is 5. The van der Waals surface area contributed by atoms with Crippen molar-refractivity contribution in [2.75, 3.05) is 23.7 Å². The molecule has 0 bridgehead atoms. The van der Waals surface area contributed by atoms with Crippen LogP contribution >= 0.6 is 11.8 Å². The molecule has 4 nitrogen and oxygen atoms in total. The van der Waals surface area contributed by atoms with Gasteiger partial charge in [-0.1, -0.05) is 6.92 Å². The first-order valence-corrected chi connectivity index (χ1v) is 7.78. The van der Waals surface area contributed by atoms with E-state index in [4.69, 9.17) is 0 Å². The maximum absolute atomic E-state index is 4.36. The minimum Gasteiger partial charge on any atom is -0.353 e. The van der Waals surface area contributed by atoms with Gasteiger partial charge in [-0.3, -0.25) is 0 Å². The van der Waals surface area contributed by atoms with Gasteiger partial charge in [-0.15, -0.1) is 5.10 Å². The molecule has 1 N–H and O–H groups in total. The van der Waals surface area contributed by atoms with E-state index in [0.717, 1.165) is 37.2 Å². The van der Waals surface area contributed by atoms with E-state index in [1.165, 1.54) is 18.6 Å². The lowest BCUT2D eigenvalue weighted by molar-refractivity contribution is 0.662. The number of rotatable bonds is 4. The van der Waals surface area contributed by atoms with Crippen LogP contribution in [0.4, 0.5) is 5.82 Å². The smallest absolute Gasteiger partial charge is 0.151 e. The van der Waals surface area contributed by atoms with Crippen molar-refractivity contribution in [2.24, 2.45) is 0 Å². The summed E-state index contributed by atoms with van der Waals surface area (Å²) in [6.45, 7) is 5.30. The molecule has 1 atom stereocenters. The van der Waals surface area contributed by atoms with Gasteiger partial charge in [-0.05, 0) is 25.0 Å². The quantitative estimate of drug-likeness (QED) is 0.896. The predicted octanol–water partition coefficient (Wildman–Crippen LogP) is 1.67. The molecule has 3 rings (SSSR count). The Hall–Kier alpha value is -0.810. The van der Waals surface area contributed by atoms with E-state index >= 15 is 0 Å². The molecule has 2 fully saturated rings. The Kier molecular flexibility index (Phi) is 3.70. The van der Waals surface area contributed by atoms with Gasteiger partial charge >= 0.3 is 0 Å². The van der Waals surface area contributed by atoms with Gasteiger partial charge in [0.1, 0.15) is 0 Å². The summed E-state index contributed by atoms with van der Waals surface area (Å²) in [5, 5.41) is 12.8. The highest BCUT2D eigenvalue weighted by molar-refractivity contribution is 8.00. The molecular weight excluding hydrogens is 244 g/mol. The van der Waals surface area contributed by atoms with Gasteiger partial charge in [0.2, 0.25) is 0 Å². The zero-order valence-electron chi connectivity index (χ0n) is 10.8. The Balaban J connectivity index is 1.58. The number of anilines is 1. The van der Waals surface area contributed by atoms with Crippen molar-refractivity contribution in [3.63, 3.8) is 0 Å². The molecule has 1 aromatic heterocycles. The molecule has 98 valence electrons. The van der Waals surface area contributed by atoms with Crippen LogP contribution in [0.5, 0.6) is 0 Å². The van der Waals surface area contributed by atoms with E-state index in [-0.39, 0.29) is 0 Å². The van der Waals surface area contributed by atoms with Crippen molar-refractivity contribution in [3.05, 3.63) is 17.8 Å². The Bertz CT molecular complexity index is 390. The fourth-order valence-corrected chi connectivity index (χ4v) is 3.19. The molecule has 1 unspecified atom stereocenters. The van der Waals surface area contributed by atoms with Crippen molar-refractivity contribution in [2.45, 2.75) is 37.6 Å². The van der Waals surface area contributed by atoms with E-state index in [1.54, 1.807) is 0 Å². The van der Waals surface area contributed by atoms with Gasteiger partial charge in [0.15, 0.2) is 5.82 Å². The first-order chi connectivity index (χ1) is 8.81. The van der Waals surface area contributed by atoms with Crippen molar-refractivity contribution in [1.29, 1.82) is 0 Å². The van der Waals surface area contributed by atoms with E-state index in [0.29, 0.717) is 5.25 Å². The van der Waals surface area contributed by atoms with Crippen LogP contribution in [0.2, 0.25) is 0 Å². The lowest BCUT2D eigenvalue weighted by Gasteiger charge is -2.31. The third-order valence-corrected chi connectivity index (χ3v) is 4.56. The minimum absolute atomic E-state index is 0.691. The first-order valence-electron chi connectivity index (χ1n) is 6.74. The molecule has 0 spiro atoms. The van der Waals surface area contributed by atoms with Crippen molar-refractivity contribution in [1.82, 2.24) is 15.5 Å². The molecule has 18 heavy (non-hydrogen) atoms. The standard InChI is InChI=1S/C13H20N4S/c1-10-9-17(6-7-18-10)13-5-4-12(15-16-13)8-14-11-2-3-11/h4-5,10-11,14H,2-3,6-9H2,1H3. The fourth-order valence-electron chi connectivity index (χ4n) is 2.18. The zero-order valence-corrected chi connectivity index (χ0v) is 11.6. The lowest BCUT2D eigenvalue weighted by atomic mass is 10.3. The summed E-state index contributed by atoms with van der Waals surface area (Å²) >= 11 is 2.04. The molecule has 5 heteroatoms. The van der Waals surface area contributed by atoms with Gasteiger partial charge in [0.05, 0.1) is 5.69 Å². The summed E-state index contributed by atoms with van der Waals surface area (Å²) in [5.74, 6) is 2.21. The highest BCUT2D eigenvalue weighted by atomic mass is 32.2. The van der Waals surface area contributed by atoms with Crippen LogP contribution in [0.25, 0.3) is 0 Å².